The number of nitrogens with zero attached hydrogens (tertiary/aromatic N) is 2. The molecule has 80 valence electrons. The predicted molar refractivity (Wildman–Crippen MR) is 94.3 cm³/mol. The van der Waals surface area contributed by atoms with Gasteiger partial charge in [-0.05, 0) is 12.8 Å². The van der Waals surface area contributed by atoms with Gasteiger partial charge in [0.15, 0.2) is 0 Å². The molecule has 12 heteroatoms. The van der Waals surface area contributed by atoms with Gasteiger partial charge in [-0.3, -0.25) is 0 Å². The first-order valence-electron chi connectivity index (χ1n) is 6.69. The topological polar surface area (TPSA) is 47.6 Å². The van der Waals surface area contributed by atoms with E-state index in [1.165, 1.54) is 18.0 Å². The molecule has 0 fully saturated rings. The fraction of sp³-hybridized carbons (Fsp3) is 0.500. The van der Waals surface area contributed by atoms with Crippen LogP contribution < -0.4 is 0 Å². The Labute approximate surface area is 130 Å². The molecule has 1 rings (SSSR count). The highest BCUT2D eigenvalue weighted by atomic mass is 14.2. The predicted octanol–water partition coefficient (Wildman–Crippen LogP) is -1.90. The van der Waals surface area contributed by atoms with E-state index in [0.717, 1.165) is 12.8 Å². The molecule has 1 aliphatic rings. The molecule has 0 aromatic rings. The summed E-state index contributed by atoms with van der Waals surface area (Å²) in [6.07, 6.45) is 2.77. The lowest BCUT2D eigenvalue weighted by molar-refractivity contribution is 1.01. The molecule has 2 nitrogen and oxygen atoms in total. The maximum Gasteiger partial charge on any atom is 0.148 e. The van der Waals surface area contributed by atoms with Gasteiger partial charge in [0.05, 0.1) is 12.1 Å². The third kappa shape index (κ3) is 6.69. The molecule has 0 saturated heterocycles. The maximum atomic E-state index is 8.63. The van der Waals surface area contributed by atoms with E-state index in [2.05, 4.69) is 19.2 Å². The molecule has 1 heterocycles. The van der Waals surface area contributed by atoms with Gasteiger partial charge in [-0.2, -0.15) is 10.5 Å². The van der Waals surface area contributed by atoms with Gasteiger partial charge in [-0.1, -0.05) is 0 Å². The van der Waals surface area contributed by atoms with Gasteiger partial charge < -0.3 is 0 Å². The van der Waals surface area contributed by atoms with Gasteiger partial charge in [-0.25, -0.2) is 0 Å². The van der Waals surface area contributed by atoms with Crippen molar-refractivity contribution in [3.05, 3.63) is 10.9 Å². The second kappa shape index (κ2) is 11.1. The summed E-state index contributed by atoms with van der Waals surface area (Å²) in [6.45, 7) is 0.370. The van der Waals surface area contributed by atoms with Crippen LogP contribution in [0.3, 0.4) is 0 Å². The third-order valence-corrected chi connectivity index (χ3v) is 3.06. The van der Waals surface area contributed by atoms with E-state index in [-0.39, 0.29) is 0 Å². The highest BCUT2D eigenvalue weighted by Gasteiger charge is 2.36. The van der Waals surface area contributed by atoms with E-state index in [0.29, 0.717) is 19.4 Å². The van der Waals surface area contributed by atoms with Gasteiger partial charge in [-0.15, -0.1) is 10.9 Å². The monoisotopic (exact) mass is 242 g/mol. The molecule has 0 aromatic carbocycles. The standard InChI is InChI=1S/C8H8B10N2/c9-10-11-12-13-14-15-16-17-18-7(3-1-5-19)8(18)4-2-6-20/h1-4H2. The SMILES string of the molecule is [B][B][B][B][B][B][B][B][B]B1C(CCC#N)=C1CCC#N. The molecule has 0 N–H and O–H groups in total. The van der Waals surface area contributed by atoms with Crippen molar-refractivity contribution in [3.8, 4) is 12.1 Å². The fourth-order valence-electron chi connectivity index (χ4n) is 2.08. The quantitative estimate of drug-likeness (QED) is 0.295. The van der Waals surface area contributed by atoms with Crippen LogP contribution in [-0.4, -0.2) is 70.8 Å². The number of allylic oxidation sites excluding steroid dienone is 2. The van der Waals surface area contributed by atoms with Crippen molar-refractivity contribution in [1.82, 2.24) is 0 Å². The molecular formula is C8H8B10N2. The summed E-state index contributed by atoms with van der Waals surface area (Å²) in [6, 6.07) is 4.34. The van der Waals surface area contributed by atoms with Crippen LogP contribution in [0.1, 0.15) is 25.7 Å². The first-order chi connectivity index (χ1) is 9.85. The van der Waals surface area contributed by atoms with Crippen LogP contribution in [0.5, 0.6) is 0 Å². The van der Waals surface area contributed by atoms with Crippen molar-refractivity contribution in [3.63, 3.8) is 0 Å². The summed E-state index contributed by atoms with van der Waals surface area (Å²) >= 11 is 0. The summed E-state index contributed by atoms with van der Waals surface area (Å²) in [4.78, 5) is 0. The highest BCUT2D eigenvalue weighted by molar-refractivity contribution is 7.70. The smallest absolute Gasteiger partial charge is 0.148 e. The molecule has 0 atom stereocenters. The Morgan fingerprint density at radius 1 is 0.850 bits per heavy atom. The van der Waals surface area contributed by atoms with E-state index in [1.54, 1.807) is 7.06 Å². The molecule has 0 aliphatic carbocycles. The zero-order valence-electron chi connectivity index (χ0n) is 11.5. The zero-order chi connectivity index (χ0) is 14.6. The Balaban J connectivity index is 2.11. The van der Waals surface area contributed by atoms with Crippen molar-refractivity contribution >= 4 is 70.8 Å². The van der Waals surface area contributed by atoms with E-state index in [4.69, 9.17) is 18.3 Å². The number of hydrogen-bond donors (Lipinski definition) is 0. The average Bonchev–Trinajstić information content (AvgIpc) is 3.13. The van der Waals surface area contributed by atoms with Crippen molar-refractivity contribution in [1.29, 1.82) is 10.5 Å². The van der Waals surface area contributed by atoms with Crippen LogP contribution in [0.4, 0.5) is 0 Å². The van der Waals surface area contributed by atoms with Crippen molar-refractivity contribution < 1.29 is 0 Å². The Hall–Kier alpha value is -0.631. The first-order valence-corrected chi connectivity index (χ1v) is 6.69. The Morgan fingerprint density at radius 3 is 1.85 bits per heavy atom. The van der Waals surface area contributed by atoms with Gasteiger partial charge >= 0.3 is 0 Å². The fourth-order valence-corrected chi connectivity index (χ4v) is 2.08. The number of rotatable bonds is 12. The average molecular weight is 240 g/mol. The van der Waals surface area contributed by atoms with Gasteiger partial charge in [0.2, 0.25) is 0 Å². The minimum Gasteiger partial charge on any atom is -0.198 e. The summed E-state index contributed by atoms with van der Waals surface area (Å²) in [5.41, 5.74) is 2.68. The highest BCUT2D eigenvalue weighted by Crippen LogP contribution is 2.35. The second-order valence-corrected chi connectivity index (χ2v) is 4.38. The minimum atomic E-state index is 0.370. The molecule has 20 heavy (non-hydrogen) atoms. The lowest BCUT2D eigenvalue weighted by Crippen LogP contribution is -2.33. The summed E-state index contributed by atoms with van der Waals surface area (Å²) in [5.74, 6) is 0. The molecule has 0 bridgehead atoms. The molecule has 0 saturated carbocycles. The van der Waals surface area contributed by atoms with Crippen LogP contribution in [0.15, 0.2) is 10.9 Å². The molecule has 0 amide bonds. The molecule has 1 aliphatic heterocycles. The summed E-state index contributed by atoms with van der Waals surface area (Å²) in [7, 11) is 20.2. The van der Waals surface area contributed by atoms with Crippen LogP contribution in [0.2, 0.25) is 0 Å². The Kier molecular flexibility index (Phi) is 9.65. The molecule has 0 unspecified atom stereocenters. The van der Waals surface area contributed by atoms with Crippen LogP contribution >= 0.6 is 0 Å². The number of nitriles is 2. The Bertz CT molecular complexity index is 371. The zero-order valence-corrected chi connectivity index (χ0v) is 11.5. The maximum absolute atomic E-state index is 8.63. The second-order valence-electron chi connectivity index (χ2n) is 4.38. The lowest BCUT2D eigenvalue weighted by atomic mass is 8.88. The summed E-state index contributed by atoms with van der Waals surface area (Å²) < 4.78 is 0. The van der Waals surface area contributed by atoms with E-state index in [1.807, 2.05) is 35.3 Å². The Morgan fingerprint density at radius 2 is 1.35 bits per heavy atom. The van der Waals surface area contributed by atoms with Crippen LogP contribution in [-0.2, 0) is 0 Å². The van der Waals surface area contributed by atoms with Gasteiger partial charge in [0.25, 0.3) is 0 Å². The van der Waals surface area contributed by atoms with E-state index < -0.39 is 0 Å². The normalized spacial score (nSPS) is 11.6. The largest absolute Gasteiger partial charge is 0.198 e. The molecule has 0 spiro atoms. The summed E-state index contributed by atoms with van der Waals surface area (Å²) in [5, 5.41) is 17.3. The first kappa shape index (κ1) is 17.4. The lowest BCUT2D eigenvalue weighted by Gasteiger charge is -1.97. The molecule has 10 radical (unpaired) electrons. The van der Waals surface area contributed by atoms with Crippen LogP contribution in [0.25, 0.3) is 0 Å². The van der Waals surface area contributed by atoms with Gasteiger partial charge in [0.1, 0.15) is 6.60 Å². The van der Waals surface area contributed by atoms with E-state index >= 15 is 0 Å². The van der Waals surface area contributed by atoms with Crippen molar-refractivity contribution in [2.24, 2.45) is 0 Å². The third-order valence-electron chi connectivity index (χ3n) is 3.06. The molecule has 0 aromatic heterocycles. The van der Waals surface area contributed by atoms with Crippen molar-refractivity contribution in [2.75, 3.05) is 0 Å². The van der Waals surface area contributed by atoms with Gasteiger partial charge in [0, 0.05) is 77.1 Å². The van der Waals surface area contributed by atoms with Crippen LogP contribution in [0, 0.1) is 22.7 Å². The number of hydrogen-bond acceptors (Lipinski definition) is 2. The molecular weight excluding hydrogens is 232 g/mol. The van der Waals surface area contributed by atoms with Crippen molar-refractivity contribution in [2.45, 2.75) is 25.7 Å². The minimum absolute atomic E-state index is 0.370. The van der Waals surface area contributed by atoms with E-state index in [9.17, 15) is 0 Å².